The number of rotatable bonds is 7. The predicted molar refractivity (Wildman–Crippen MR) is 106 cm³/mol. The molecule has 5 nitrogen and oxygen atoms in total. The van der Waals surface area contributed by atoms with E-state index >= 15 is 0 Å². The van der Waals surface area contributed by atoms with Crippen LogP contribution in [-0.4, -0.2) is 36.9 Å². The van der Waals surface area contributed by atoms with Gasteiger partial charge in [0.05, 0.1) is 19.1 Å². The average Bonchev–Trinajstić information content (AvgIpc) is 3.47. The molecule has 1 aliphatic carbocycles. The number of carbonyl (C=O) groups is 2. The lowest BCUT2D eigenvalue weighted by molar-refractivity contribution is -0.136. The fourth-order valence-electron chi connectivity index (χ4n) is 3.24. The maximum absolute atomic E-state index is 13.1. The minimum Gasteiger partial charge on any atom is -0.497 e. The number of methoxy groups -OCH3 is 1. The molecule has 1 aliphatic rings. The predicted octanol–water partition coefficient (Wildman–Crippen LogP) is 3.87. The molecule has 0 aliphatic heterocycles. The first-order valence-electron chi connectivity index (χ1n) is 8.98. The van der Waals surface area contributed by atoms with E-state index in [4.69, 9.17) is 16.3 Å². The lowest BCUT2D eigenvalue weighted by atomic mass is 9.94. The van der Waals surface area contributed by atoms with Crippen molar-refractivity contribution in [3.63, 3.8) is 0 Å². The first kappa shape index (κ1) is 19.2. The number of nitrogens with zero attached hydrogens (tertiary/aromatic N) is 1. The van der Waals surface area contributed by atoms with Crippen LogP contribution in [0.4, 0.5) is 5.69 Å². The van der Waals surface area contributed by atoms with E-state index in [1.165, 1.54) is 0 Å². The highest BCUT2D eigenvalue weighted by Gasteiger charge is 2.53. The Morgan fingerprint density at radius 2 is 1.93 bits per heavy atom. The number of hydrogen-bond acceptors (Lipinski definition) is 3. The summed E-state index contributed by atoms with van der Waals surface area (Å²) in [4.78, 5) is 27.2. The number of benzene rings is 2. The zero-order valence-electron chi connectivity index (χ0n) is 15.5. The molecule has 2 aromatic carbocycles. The van der Waals surface area contributed by atoms with E-state index < -0.39 is 5.41 Å². The summed E-state index contributed by atoms with van der Waals surface area (Å²) >= 11 is 6.10. The molecule has 1 N–H and O–H groups in total. The second kappa shape index (κ2) is 8.01. The number of hydrogen-bond donors (Lipinski definition) is 1. The molecule has 1 fully saturated rings. The summed E-state index contributed by atoms with van der Waals surface area (Å²) in [5, 5.41) is 3.44. The molecule has 0 atom stereocenters. The van der Waals surface area contributed by atoms with Gasteiger partial charge in [-0.25, -0.2) is 0 Å². The van der Waals surface area contributed by atoms with Gasteiger partial charge in [0, 0.05) is 23.3 Å². The standard InChI is InChI=1S/C21H23ClN2O3/c1-3-24(14-19(25)23-17-8-5-9-18(13-17)27-2)20(26)21(10-11-21)15-6-4-7-16(22)12-15/h4-9,12-13H,3,10-11,14H2,1-2H3,(H,23,25). The number of ether oxygens (including phenoxy) is 1. The van der Waals surface area contributed by atoms with Crippen LogP contribution in [-0.2, 0) is 15.0 Å². The Morgan fingerprint density at radius 1 is 1.19 bits per heavy atom. The molecule has 2 aromatic rings. The van der Waals surface area contributed by atoms with Crippen LogP contribution >= 0.6 is 11.6 Å². The summed E-state index contributed by atoms with van der Waals surface area (Å²) in [6.45, 7) is 2.35. The van der Waals surface area contributed by atoms with E-state index in [2.05, 4.69) is 5.32 Å². The van der Waals surface area contributed by atoms with E-state index in [1.807, 2.05) is 25.1 Å². The van der Waals surface area contributed by atoms with Gasteiger partial charge >= 0.3 is 0 Å². The van der Waals surface area contributed by atoms with Crippen molar-refractivity contribution < 1.29 is 14.3 Å². The van der Waals surface area contributed by atoms with Gasteiger partial charge in [0.25, 0.3) is 0 Å². The van der Waals surface area contributed by atoms with Crippen LogP contribution in [0.1, 0.15) is 25.3 Å². The molecule has 0 radical (unpaired) electrons. The summed E-state index contributed by atoms with van der Waals surface area (Å²) in [5.41, 5.74) is 1.02. The highest BCUT2D eigenvalue weighted by atomic mass is 35.5. The molecule has 0 heterocycles. The summed E-state index contributed by atoms with van der Waals surface area (Å²) < 4.78 is 5.16. The van der Waals surface area contributed by atoms with Gasteiger partial charge in [-0.1, -0.05) is 29.8 Å². The van der Waals surface area contributed by atoms with Crippen molar-refractivity contribution in [3.05, 3.63) is 59.1 Å². The lowest BCUT2D eigenvalue weighted by Gasteiger charge is -2.26. The number of nitrogens with one attached hydrogen (secondary N) is 1. The number of anilines is 1. The number of carbonyl (C=O) groups excluding carboxylic acids is 2. The van der Waals surface area contributed by atoms with Gasteiger partial charge in [0.2, 0.25) is 11.8 Å². The van der Waals surface area contributed by atoms with Gasteiger partial charge in [-0.15, -0.1) is 0 Å². The highest BCUT2D eigenvalue weighted by molar-refractivity contribution is 6.30. The van der Waals surface area contributed by atoms with Crippen LogP contribution in [0.2, 0.25) is 5.02 Å². The SMILES string of the molecule is CCN(CC(=O)Nc1cccc(OC)c1)C(=O)C1(c2cccc(Cl)c2)CC1. The van der Waals surface area contributed by atoms with Crippen LogP contribution in [0.25, 0.3) is 0 Å². The topological polar surface area (TPSA) is 58.6 Å². The van der Waals surface area contributed by atoms with Gasteiger partial charge in [-0.2, -0.15) is 0 Å². The van der Waals surface area contributed by atoms with Gasteiger partial charge < -0.3 is 15.0 Å². The van der Waals surface area contributed by atoms with Gasteiger partial charge in [0.15, 0.2) is 0 Å². The Bertz CT molecular complexity index is 849. The average molecular weight is 387 g/mol. The van der Waals surface area contributed by atoms with Crippen LogP contribution < -0.4 is 10.1 Å². The molecule has 0 spiro atoms. The Kier molecular flexibility index (Phi) is 5.71. The van der Waals surface area contributed by atoms with E-state index in [0.717, 1.165) is 18.4 Å². The van der Waals surface area contributed by atoms with Crippen LogP contribution in [0.3, 0.4) is 0 Å². The molecular formula is C21H23ClN2O3. The number of halogens is 1. The maximum Gasteiger partial charge on any atom is 0.243 e. The molecule has 0 bridgehead atoms. The molecule has 27 heavy (non-hydrogen) atoms. The van der Waals surface area contributed by atoms with Crippen molar-refractivity contribution in [1.29, 1.82) is 0 Å². The molecule has 3 rings (SSSR count). The molecule has 0 aromatic heterocycles. The van der Waals surface area contributed by atoms with Gasteiger partial charge in [-0.05, 0) is 49.6 Å². The van der Waals surface area contributed by atoms with Crippen LogP contribution in [0, 0.1) is 0 Å². The zero-order valence-corrected chi connectivity index (χ0v) is 16.3. The van der Waals surface area contributed by atoms with Crippen LogP contribution in [0.15, 0.2) is 48.5 Å². The second-order valence-electron chi connectivity index (χ2n) is 6.69. The third-order valence-electron chi connectivity index (χ3n) is 4.89. The molecule has 6 heteroatoms. The van der Waals surface area contributed by atoms with E-state index in [9.17, 15) is 9.59 Å². The zero-order chi connectivity index (χ0) is 19.4. The van der Waals surface area contributed by atoms with Crippen molar-refractivity contribution in [2.75, 3.05) is 25.5 Å². The molecule has 2 amide bonds. The molecule has 0 saturated heterocycles. The maximum atomic E-state index is 13.1. The summed E-state index contributed by atoms with van der Waals surface area (Å²) in [6, 6.07) is 14.6. The lowest BCUT2D eigenvalue weighted by Crippen LogP contribution is -2.43. The number of amides is 2. The summed E-state index contributed by atoms with van der Waals surface area (Å²) in [6.07, 6.45) is 1.56. The van der Waals surface area contributed by atoms with Crippen molar-refractivity contribution in [2.45, 2.75) is 25.2 Å². The van der Waals surface area contributed by atoms with Gasteiger partial charge in [-0.3, -0.25) is 9.59 Å². The second-order valence-corrected chi connectivity index (χ2v) is 7.13. The minimum absolute atomic E-state index is 0.00879. The van der Waals surface area contributed by atoms with Crippen molar-refractivity contribution in [3.8, 4) is 5.75 Å². The van der Waals surface area contributed by atoms with E-state index in [0.29, 0.717) is 23.0 Å². The monoisotopic (exact) mass is 386 g/mol. The third-order valence-corrected chi connectivity index (χ3v) is 5.13. The minimum atomic E-state index is -0.544. The summed E-state index contributed by atoms with van der Waals surface area (Å²) in [7, 11) is 1.57. The van der Waals surface area contributed by atoms with Crippen molar-refractivity contribution in [1.82, 2.24) is 4.90 Å². The quantitative estimate of drug-likeness (QED) is 0.785. The first-order chi connectivity index (χ1) is 13.0. The van der Waals surface area contributed by atoms with Crippen molar-refractivity contribution in [2.24, 2.45) is 0 Å². The van der Waals surface area contributed by atoms with Crippen LogP contribution in [0.5, 0.6) is 5.75 Å². The Balaban J connectivity index is 1.69. The normalized spacial score (nSPS) is 14.3. The highest BCUT2D eigenvalue weighted by Crippen LogP contribution is 2.50. The smallest absolute Gasteiger partial charge is 0.243 e. The largest absolute Gasteiger partial charge is 0.497 e. The van der Waals surface area contributed by atoms with Crippen molar-refractivity contribution >= 4 is 29.1 Å². The molecule has 142 valence electrons. The third kappa shape index (κ3) is 4.25. The Morgan fingerprint density at radius 3 is 2.56 bits per heavy atom. The summed E-state index contributed by atoms with van der Waals surface area (Å²) in [5.74, 6) is 0.405. The molecule has 1 saturated carbocycles. The Labute approximate surface area is 164 Å². The van der Waals surface area contributed by atoms with E-state index in [-0.39, 0.29) is 18.4 Å². The molecular weight excluding hydrogens is 364 g/mol. The number of likely N-dealkylation sites (N-methyl/N-ethyl adjacent to an activating group) is 1. The van der Waals surface area contributed by atoms with Gasteiger partial charge in [0.1, 0.15) is 5.75 Å². The first-order valence-corrected chi connectivity index (χ1v) is 9.35. The fraction of sp³-hybridized carbons (Fsp3) is 0.333. The van der Waals surface area contributed by atoms with E-state index in [1.54, 1.807) is 42.3 Å². The molecule has 0 unspecified atom stereocenters. The Hall–Kier alpha value is -2.53. The fourth-order valence-corrected chi connectivity index (χ4v) is 3.43.